The molecule has 1 atom stereocenters. The number of thioether (sulfide) groups is 1. The molecule has 0 radical (unpaired) electrons. The van der Waals surface area contributed by atoms with Gasteiger partial charge in [0.15, 0.2) is 0 Å². The van der Waals surface area contributed by atoms with Crippen molar-refractivity contribution in [3.8, 4) is 0 Å². The van der Waals surface area contributed by atoms with Crippen molar-refractivity contribution < 1.29 is 9.90 Å². The summed E-state index contributed by atoms with van der Waals surface area (Å²) in [6.07, 6.45) is 2.34. The highest BCUT2D eigenvalue weighted by Gasteiger charge is 2.02. The van der Waals surface area contributed by atoms with Crippen LogP contribution in [-0.2, 0) is 4.79 Å². The maximum Gasteiger partial charge on any atom is 0.331 e. The topological polar surface area (TPSA) is 63.3 Å². The molecule has 0 amide bonds. The smallest absolute Gasteiger partial charge is 0.331 e. The van der Waals surface area contributed by atoms with Gasteiger partial charge in [-0.25, -0.2) is 4.79 Å². The number of carboxylic acid groups (broad SMARTS) is 1. The number of carbonyl (C=O) groups is 1. The van der Waals surface area contributed by atoms with Crippen molar-refractivity contribution >= 4 is 17.7 Å². The van der Waals surface area contributed by atoms with E-state index in [1.54, 1.807) is 17.8 Å². The molecule has 0 heterocycles. The van der Waals surface area contributed by atoms with Crippen LogP contribution in [0.2, 0.25) is 0 Å². The predicted octanol–water partition coefficient (Wildman–Crippen LogP) is 1.49. The van der Waals surface area contributed by atoms with Crippen molar-refractivity contribution in [2.24, 2.45) is 5.73 Å². The third-order valence-corrected chi connectivity index (χ3v) is 2.65. The standard InChI is InChI=1S/C9H17NO2S/c1-3-8(9(11)12)4-5-13-6-7(2)10/h4,7H,3,5-6,10H2,1-2H3,(H,11,12). The highest BCUT2D eigenvalue weighted by molar-refractivity contribution is 7.99. The van der Waals surface area contributed by atoms with Gasteiger partial charge in [-0.15, -0.1) is 0 Å². The molecule has 0 aliphatic carbocycles. The monoisotopic (exact) mass is 203 g/mol. The van der Waals surface area contributed by atoms with Crippen molar-refractivity contribution in [3.05, 3.63) is 11.6 Å². The number of aliphatic carboxylic acids is 1. The van der Waals surface area contributed by atoms with Crippen LogP contribution in [0.25, 0.3) is 0 Å². The zero-order valence-corrected chi connectivity index (χ0v) is 8.93. The van der Waals surface area contributed by atoms with Crippen LogP contribution in [0, 0.1) is 0 Å². The fraction of sp³-hybridized carbons (Fsp3) is 0.667. The summed E-state index contributed by atoms with van der Waals surface area (Å²) < 4.78 is 0. The van der Waals surface area contributed by atoms with Gasteiger partial charge in [0, 0.05) is 23.1 Å². The van der Waals surface area contributed by atoms with Gasteiger partial charge >= 0.3 is 5.97 Å². The molecule has 76 valence electrons. The quantitative estimate of drug-likeness (QED) is 0.507. The van der Waals surface area contributed by atoms with E-state index in [1.165, 1.54) is 0 Å². The summed E-state index contributed by atoms with van der Waals surface area (Å²) in [6.45, 7) is 3.78. The number of hydrogen-bond donors (Lipinski definition) is 2. The summed E-state index contributed by atoms with van der Waals surface area (Å²) in [5.41, 5.74) is 6.03. The minimum atomic E-state index is -0.816. The Morgan fingerprint density at radius 1 is 1.69 bits per heavy atom. The minimum Gasteiger partial charge on any atom is -0.478 e. The van der Waals surface area contributed by atoms with Crippen LogP contribution in [0.1, 0.15) is 20.3 Å². The predicted molar refractivity (Wildman–Crippen MR) is 57.0 cm³/mol. The van der Waals surface area contributed by atoms with Crippen molar-refractivity contribution in [1.82, 2.24) is 0 Å². The van der Waals surface area contributed by atoms with E-state index in [-0.39, 0.29) is 6.04 Å². The molecule has 0 rings (SSSR count). The van der Waals surface area contributed by atoms with E-state index in [0.29, 0.717) is 12.0 Å². The molecule has 4 heteroatoms. The molecular weight excluding hydrogens is 186 g/mol. The first-order chi connectivity index (χ1) is 6.07. The highest BCUT2D eigenvalue weighted by Crippen LogP contribution is 2.06. The Morgan fingerprint density at radius 2 is 2.31 bits per heavy atom. The molecule has 0 fully saturated rings. The van der Waals surface area contributed by atoms with Crippen LogP contribution in [0.3, 0.4) is 0 Å². The maximum absolute atomic E-state index is 10.6. The van der Waals surface area contributed by atoms with Gasteiger partial charge in [0.1, 0.15) is 0 Å². The van der Waals surface area contributed by atoms with Gasteiger partial charge in [-0.2, -0.15) is 11.8 Å². The average molecular weight is 203 g/mol. The summed E-state index contributed by atoms with van der Waals surface area (Å²) in [6, 6.07) is 0.174. The lowest BCUT2D eigenvalue weighted by Crippen LogP contribution is -2.17. The highest BCUT2D eigenvalue weighted by atomic mass is 32.2. The van der Waals surface area contributed by atoms with Crippen molar-refractivity contribution in [3.63, 3.8) is 0 Å². The lowest BCUT2D eigenvalue weighted by atomic mass is 10.2. The average Bonchev–Trinajstić information content (AvgIpc) is 2.03. The molecule has 3 nitrogen and oxygen atoms in total. The lowest BCUT2D eigenvalue weighted by molar-refractivity contribution is -0.132. The molecule has 0 aliphatic heterocycles. The molecule has 0 aromatic heterocycles. The summed E-state index contributed by atoms with van der Waals surface area (Å²) >= 11 is 1.66. The van der Waals surface area contributed by atoms with Gasteiger partial charge in [-0.3, -0.25) is 0 Å². The third kappa shape index (κ3) is 6.66. The van der Waals surface area contributed by atoms with Crippen molar-refractivity contribution in [2.45, 2.75) is 26.3 Å². The summed E-state index contributed by atoms with van der Waals surface area (Å²) in [5, 5.41) is 8.68. The van der Waals surface area contributed by atoms with E-state index < -0.39 is 5.97 Å². The molecule has 3 N–H and O–H groups in total. The van der Waals surface area contributed by atoms with Crippen LogP contribution in [0.5, 0.6) is 0 Å². The van der Waals surface area contributed by atoms with Crippen LogP contribution in [-0.4, -0.2) is 28.6 Å². The molecule has 0 aliphatic rings. The Balaban J connectivity index is 3.74. The number of rotatable bonds is 6. The second-order valence-electron chi connectivity index (χ2n) is 2.90. The fourth-order valence-corrected chi connectivity index (χ4v) is 1.62. The van der Waals surface area contributed by atoms with E-state index in [4.69, 9.17) is 10.8 Å². The van der Waals surface area contributed by atoms with Crippen LogP contribution in [0.15, 0.2) is 11.6 Å². The van der Waals surface area contributed by atoms with E-state index in [1.807, 2.05) is 13.8 Å². The van der Waals surface area contributed by atoms with Gasteiger partial charge in [0.25, 0.3) is 0 Å². The molecular formula is C9H17NO2S. The molecule has 0 saturated carbocycles. The Hall–Kier alpha value is -0.480. The number of carboxylic acids is 1. The number of nitrogens with two attached hydrogens (primary N) is 1. The van der Waals surface area contributed by atoms with Crippen molar-refractivity contribution in [2.75, 3.05) is 11.5 Å². The molecule has 0 aromatic carbocycles. The first-order valence-electron chi connectivity index (χ1n) is 4.33. The van der Waals surface area contributed by atoms with Gasteiger partial charge in [-0.1, -0.05) is 13.0 Å². The molecule has 0 saturated heterocycles. The molecule has 0 spiro atoms. The largest absolute Gasteiger partial charge is 0.478 e. The van der Waals surface area contributed by atoms with Crippen molar-refractivity contribution in [1.29, 1.82) is 0 Å². The van der Waals surface area contributed by atoms with Crippen LogP contribution < -0.4 is 5.73 Å². The molecule has 0 bridgehead atoms. The Kier molecular flexibility index (Phi) is 6.72. The zero-order chi connectivity index (χ0) is 10.3. The molecule has 0 aromatic rings. The van der Waals surface area contributed by atoms with Gasteiger partial charge < -0.3 is 10.8 Å². The second kappa shape index (κ2) is 6.97. The van der Waals surface area contributed by atoms with Crippen LogP contribution in [0.4, 0.5) is 0 Å². The van der Waals surface area contributed by atoms with Crippen LogP contribution >= 0.6 is 11.8 Å². The first kappa shape index (κ1) is 12.5. The van der Waals surface area contributed by atoms with Gasteiger partial charge in [-0.05, 0) is 13.3 Å². The molecule has 13 heavy (non-hydrogen) atoms. The van der Waals surface area contributed by atoms with Gasteiger partial charge in [0.2, 0.25) is 0 Å². The van der Waals surface area contributed by atoms with Gasteiger partial charge in [0.05, 0.1) is 0 Å². The van der Waals surface area contributed by atoms with E-state index >= 15 is 0 Å². The third-order valence-electron chi connectivity index (χ3n) is 1.48. The summed E-state index contributed by atoms with van der Waals surface area (Å²) in [7, 11) is 0. The SMILES string of the molecule is CCC(=CCSCC(C)N)C(=O)O. The second-order valence-corrected chi connectivity index (χ2v) is 3.98. The molecule has 1 unspecified atom stereocenters. The minimum absolute atomic E-state index is 0.174. The number of hydrogen-bond acceptors (Lipinski definition) is 3. The van der Waals surface area contributed by atoms with E-state index in [0.717, 1.165) is 11.5 Å². The lowest BCUT2D eigenvalue weighted by Gasteiger charge is -2.02. The van der Waals surface area contributed by atoms with E-state index in [2.05, 4.69) is 0 Å². The Morgan fingerprint density at radius 3 is 2.69 bits per heavy atom. The summed E-state index contributed by atoms with van der Waals surface area (Å²) in [4.78, 5) is 10.6. The first-order valence-corrected chi connectivity index (χ1v) is 5.49. The normalized spacial score (nSPS) is 14.2. The zero-order valence-electron chi connectivity index (χ0n) is 8.12. The maximum atomic E-state index is 10.6. The van der Waals surface area contributed by atoms with E-state index in [9.17, 15) is 4.79 Å². The Bertz CT molecular complexity index is 190. The fourth-order valence-electron chi connectivity index (χ4n) is 0.796. The summed E-state index contributed by atoms with van der Waals surface area (Å²) in [5.74, 6) is 0.785. The Labute approximate surface area is 83.4 Å².